The average Bonchev–Trinajstić information content (AvgIpc) is 2.29. The van der Waals surface area contributed by atoms with Crippen molar-refractivity contribution in [1.29, 1.82) is 0 Å². The summed E-state index contributed by atoms with van der Waals surface area (Å²) in [5.41, 5.74) is 6.50. The molecule has 0 aliphatic heterocycles. The molecule has 1 aromatic rings. The van der Waals surface area contributed by atoms with Crippen molar-refractivity contribution in [2.45, 2.75) is 6.42 Å². The van der Waals surface area contributed by atoms with Crippen molar-refractivity contribution in [2.75, 3.05) is 19.3 Å². The maximum atomic E-state index is 11.6. The minimum absolute atomic E-state index is 0.110. The maximum absolute atomic E-state index is 11.6. The molecule has 5 heteroatoms. The number of carbonyl (C=O) groups is 2. The van der Waals surface area contributed by atoms with Gasteiger partial charge in [-0.2, -0.15) is 0 Å². The number of nitrogens with one attached hydrogen (secondary N) is 2. The van der Waals surface area contributed by atoms with Gasteiger partial charge in [-0.15, -0.1) is 0 Å². The number of amides is 2. The highest BCUT2D eigenvalue weighted by atomic mass is 16.2. The van der Waals surface area contributed by atoms with Crippen LogP contribution in [0.3, 0.4) is 0 Å². The second kappa shape index (κ2) is 5.75. The van der Waals surface area contributed by atoms with Gasteiger partial charge in [0.15, 0.2) is 0 Å². The van der Waals surface area contributed by atoms with Crippen molar-refractivity contribution in [3.05, 3.63) is 29.8 Å². The van der Waals surface area contributed by atoms with Crippen molar-refractivity contribution >= 4 is 17.5 Å². The van der Waals surface area contributed by atoms with Gasteiger partial charge in [-0.3, -0.25) is 9.59 Å². The zero-order chi connectivity index (χ0) is 12.0. The van der Waals surface area contributed by atoms with E-state index in [0.717, 1.165) is 0 Å². The van der Waals surface area contributed by atoms with Crippen LogP contribution in [0.15, 0.2) is 24.3 Å². The standard InChI is InChI=1S/C11H15N3O2/c1-13-10(15)6-7-14-11(16)8-4-2-3-5-9(8)12/h2-5H,6-7,12H2,1H3,(H,13,15)(H,14,16). The number of nitrogens with two attached hydrogens (primary N) is 1. The van der Waals surface area contributed by atoms with Gasteiger partial charge >= 0.3 is 0 Å². The molecule has 5 nitrogen and oxygen atoms in total. The summed E-state index contributed by atoms with van der Waals surface area (Å²) >= 11 is 0. The summed E-state index contributed by atoms with van der Waals surface area (Å²) in [6.07, 6.45) is 0.259. The lowest BCUT2D eigenvalue weighted by atomic mass is 10.1. The first-order valence-electron chi connectivity index (χ1n) is 4.98. The van der Waals surface area contributed by atoms with Crippen LogP contribution in [0, 0.1) is 0 Å². The van der Waals surface area contributed by atoms with Gasteiger partial charge in [0.2, 0.25) is 5.91 Å². The third-order valence-corrected chi connectivity index (χ3v) is 2.12. The first-order chi connectivity index (χ1) is 7.65. The van der Waals surface area contributed by atoms with Crippen LogP contribution in [-0.2, 0) is 4.79 Å². The summed E-state index contributed by atoms with van der Waals surface area (Å²) in [6.45, 7) is 0.298. The van der Waals surface area contributed by atoms with Crippen molar-refractivity contribution < 1.29 is 9.59 Å². The molecule has 0 saturated heterocycles. The monoisotopic (exact) mass is 221 g/mol. The van der Waals surface area contributed by atoms with Crippen molar-refractivity contribution in [3.63, 3.8) is 0 Å². The summed E-state index contributed by atoms with van der Waals surface area (Å²) in [5.74, 6) is -0.372. The molecule has 0 saturated carbocycles. The van der Waals surface area contributed by atoms with Crippen LogP contribution in [0.2, 0.25) is 0 Å². The molecule has 0 heterocycles. The summed E-state index contributed by atoms with van der Waals surface area (Å²) in [4.78, 5) is 22.5. The fraction of sp³-hybridized carbons (Fsp3) is 0.273. The number of hydrogen-bond acceptors (Lipinski definition) is 3. The second-order valence-electron chi connectivity index (χ2n) is 3.27. The molecule has 4 N–H and O–H groups in total. The van der Waals surface area contributed by atoms with E-state index in [4.69, 9.17) is 5.73 Å². The topological polar surface area (TPSA) is 84.2 Å². The predicted molar refractivity (Wildman–Crippen MR) is 61.9 cm³/mol. The molecule has 1 aromatic carbocycles. The van der Waals surface area contributed by atoms with Crippen molar-refractivity contribution in [1.82, 2.24) is 10.6 Å². The molecule has 0 radical (unpaired) electrons. The van der Waals surface area contributed by atoms with E-state index in [0.29, 0.717) is 17.8 Å². The van der Waals surface area contributed by atoms with Crippen LogP contribution < -0.4 is 16.4 Å². The van der Waals surface area contributed by atoms with E-state index in [9.17, 15) is 9.59 Å². The van der Waals surface area contributed by atoms with E-state index >= 15 is 0 Å². The van der Waals surface area contributed by atoms with E-state index in [1.54, 1.807) is 31.3 Å². The van der Waals surface area contributed by atoms with E-state index < -0.39 is 0 Å². The van der Waals surface area contributed by atoms with E-state index in [1.165, 1.54) is 0 Å². The van der Waals surface area contributed by atoms with Crippen LogP contribution in [0.5, 0.6) is 0 Å². The molecule has 86 valence electrons. The minimum atomic E-state index is -0.262. The molecule has 0 aromatic heterocycles. The number of rotatable bonds is 4. The Labute approximate surface area is 94.0 Å². The first-order valence-corrected chi connectivity index (χ1v) is 4.98. The Morgan fingerprint density at radius 2 is 2.00 bits per heavy atom. The largest absolute Gasteiger partial charge is 0.398 e. The van der Waals surface area contributed by atoms with E-state index in [-0.39, 0.29) is 18.2 Å². The molecule has 0 bridgehead atoms. The summed E-state index contributed by atoms with van der Waals surface area (Å²) < 4.78 is 0. The first kappa shape index (κ1) is 12.0. The molecule has 0 spiro atoms. The molecule has 0 aliphatic rings. The van der Waals surface area contributed by atoms with Gasteiger partial charge < -0.3 is 16.4 Å². The number of benzene rings is 1. The van der Waals surface area contributed by atoms with Crippen LogP contribution in [0.1, 0.15) is 16.8 Å². The lowest BCUT2D eigenvalue weighted by Gasteiger charge is -2.06. The molecular formula is C11H15N3O2. The summed E-state index contributed by atoms with van der Waals surface area (Å²) in [5, 5.41) is 5.10. The quantitative estimate of drug-likeness (QED) is 0.632. The Morgan fingerprint density at radius 3 is 2.62 bits per heavy atom. The minimum Gasteiger partial charge on any atom is -0.398 e. The highest BCUT2D eigenvalue weighted by Crippen LogP contribution is 2.09. The smallest absolute Gasteiger partial charge is 0.253 e. The van der Waals surface area contributed by atoms with Crippen LogP contribution in [0.25, 0.3) is 0 Å². The van der Waals surface area contributed by atoms with Gasteiger partial charge in [-0.1, -0.05) is 12.1 Å². The lowest BCUT2D eigenvalue weighted by molar-refractivity contribution is -0.120. The third-order valence-electron chi connectivity index (χ3n) is 2.12. The molecule has 0 aliphatic carbocycles. The van der Waals surface area contributed by atoms with Gasteiger partial charge in [0.1, 0.15) is 0 Å². The second-order valence-corrected chi connectivity index (χ2v) is 3.27. The van der Waals surface area contributed by atoms with E-state index in [1.807, 2.05) is 0 Å². The summed E-state index contributed by atoms with van der Waals surface area (Å²) in [6, 6.07) is 6.80. The zero-order valence-electron chi connectivity index (χ0n) is 9.12. The van der Waals surface area contributed by atoms with Gasteiger partial charge in [0.05, 0.1) is 5.56 Å². The Balaban J connectivity index is 2.47. The van der Waals surface area contributed by atoms with Gasteiger partial charge in [-0.05, 0) is 12.1 Å². The van der Waals surface area contributed by atoms with Crippen LogP contribution in [-0.4, -0.2) is 25.4 Å². The fourth-order valence-corrected chi connectivity index (χ4v) is 1.21. The Morgan fingerprint density at radius 1 is 1.31 bits per heavy atom. The number of para-hydroxylation sites is 1. The van der Waals surface area contributed by atoms with Crippen molar-refractivity contribution in [3.8, 4) is 0 Å². The molecule has 0 unspecified atom stereocenters. The lowest BCUT2D eigenvalue weighted by Crippen LogP contribution is -2.29. The molecule has 2 amide bonds. The third kappa shape index (κ3) is 3.27. The fourth-order valence-electron chi connectivity index (χ4n) is 1.21. The van der Waals surface area contributed by atoms with E-state index in [2.05, 4.69) is 10.6 Å². The Kier molecular flexibility index (Phi) is 4.32. The van der Waals surface area contributed by atoms with Crippen LogP contribution >= 0.6 is 0 Å². The molecular weight excluding hydrogens is 206 g/mol. The maximum Gasteiger partial charge on any atom is 0.253 e. The van der Waals surface area contributed by atoms with Gasteiger partial charge in [0.25, 0.3) is 5.91 Å². The zero-order valence-corrected chi connectivity index (χ0v) is 9.12. The van der Waals surface area contributed by atoms with Gasteiger partial charge in [-0.25, -0.2) is 0 Å². The SMILES string of the molecule is CNC(=O)CCNC(=O)c1ccccc1N. The highest BCUT2D eigenvalue weighted by Gasteiger charge is 2.08. The molecule has 1 rings (SSSR count). The highest BCUT2D eigenvalue weighted by molar-refractivity contribution is 5.99. The molecule has 16 heavy (non-hydrogen) atoms. The average molecular weight is 221 g/mol. The normalized spacial score (nSPS) is 9.56. The summed E-state index contributed by atoms with van der Waals surface area (Å²) in [7, 11) is 1.55. The predicted octanol–water partition coefficient (Wildman–Crippen LogP) is 0.135. The Bertz CT molecular complexity index is 391. The molecule has 0 fully saturated rings. The number of nitrogen functional groups attached to an aromatic ring is 1. The van der Waals surface area contributed by atoms with Gasteiger partial charge in [0, 0.05) is 25.7 Å². The number of anilines is 1. The number of carbonyl (C=O) groups excluding carboxylic acids is 2. The number of hydrogen-bond donors (Lipinski definition) is 3. The Hall–Kier alpha value is -2.04. The molecule has 0 atom stereocenters. The van der Waals surface area contributed by atoms with Crippen molar-refractivity contribution in [2.24, 2.45) is 0 Å². The van der Waals surface area contributed by atoms with Crippen LogP contribution in [0.4, 0.5) is 5.69 Å².